The monoisotopic (exact) mass is 379 g/mol. The molecule has 3 heterocycles. The summed E-state index contributed by atoms with van der Waals surface area (Å²) in [6.45, 7) is 6.40. The smallest absolute Gasteiger partial charge is 0.410 e. The maximum Gasteiger partial charge on any atom is 0.410 e. The van der Waals surface area contributed by atoms with Crippen molar-refractivity contribution in [1.29, 1.82) is 0 Å². The van der Waals surface area contributed by atoms with E-state index < -0.39 is 5.60 Å². The molecule has 1 unspecified atom stereocenters. The minimum atomic E-state index is -0.483. The molecule has 6 heteroatoms. The Hall–Kier alpha value is -1.56. The van der Waals surface area contributed by atoms with Gasteiger partial charge in [-0.2, -0.15) is 0 Å². The van der Waals surface area contributed by atoms with Gasteiger partial charge in [-0.05, 0) is 68.1 Å². The quantitative estimate of drug-likeness (QED) is 0.729. The molecule has 1 amide bonds. The molecule has 1 fully saturated rings. The highest BCUT2D eigenvalue weighted by molar-refractivity contribution is 9.10. The molecular weight excluding hydrogens is 358 g/mol. The first-order valence-electron chi connectivity index (χ1n) is 7.97. The minimum Gasteiger partial charge on any atom is -0.444 e. The summed E-state index contributed by atoms with van der Waals surface area (Å²) in [7, 11) is 0. The number of piperidine rings is 1. The second-order valence-electron chi connectivity index (χ2n) is 6.96. The van der Waals surface area contributed by atoms with Crippen LogP contribution in [0.15, 0.2) is 29.0 Å². The number of carbonyl (C=O) groups is 1. The molecule has 0 saturated carbocycles. The lowest BCUT2D eigenvalue weighted by Crippen LogP contribution is -2.42. The highest BCUT2D eigenvalue weighted by atomic mass is 79.9. The van der Waals surface area contributed by atoms with Gasteiger partial charge in [0.2, 0.25) is 0 Å². The van der Waals surface area contributed by atoms with Crippen LogP contribution in [-0.4, -0.2) is 32.5 Å². The summed E-state index contributed by atoms with van der Waals surface area (Å²) >= 11 is 3.47. The molecule has 0 spiro atoms. The summed E-state index contributed by atoms with van der Waals surface area (Å²) in [5, 5.41) is 0. The average molecular weight is 380 g/mol. The van der Waals surface area contributed by atoms with Crippen LogP contribution in [0.5, 0.6) is 0 Å². The van der Waals surface area contributed by atoms with Crippen LogP contribution < -0.4 is 0 Å². The number of nitrogens with zero attached hydrogens (tertiary/aromatic N) is 3. The minimum absolute atomic E-state index is 0.0164. The summed E-state index contributed by atoms with van der Waals surface area (Å²) in [6.07, 6.45) is 6.76. The zero-order valence-electron chi connectivity index (χ0n) is 13.8. The number of imidazole rings is 1. The zero-order chi connectivity index (χ0) is 16.6. The van der Waals surface area contributed by atoms with Gasteiger partial charge in [0.05, 0.1) is 11.7 Å². The van der Waals surface area contributed by atoms with Crippen LogP contribution in [0, 0.1) is 0 Å². The Morgan fingerprint density at radius 3 is 2.83 bits per heavy atom. The molecule has 1 atom stereocenters. The van der Waals surface area contributed by atoms with Gasteiger partial charge in [-0.3, -0.25) is 4.90 Å². The fourth-order valence-electron chi connectivity index (χ4n) is 2.92. The van der Waals surface area contributed by atoms with E-state index in [0.29, 0.717) is 0 Å². The van der Waals surface area contributed by atoms with Gasteiger partial charge in [0, 0.05) is 23.4 Å². The summed E-state index contributed by atoms with van der Waals surface area (Å²) in [4.78, 5) is 19.1. The Bertz CT molecular complexity index is 720. The number of aromatic nitrogens is 2. The number of amides is 1. The molecule has 2 aromatic rings. The first-order chi connectivity index (χ1) is 10.8. The second kappa shape index (κ2) is 6.15. The molecule has 124 valence electrons. The largest absolute Gasteiger partial charge is 0.444 e. The van der Waals surface area contributed by atoms with Crippen molar-refractivity contribution in [3.63, 3.8) is 0 Å². The summed E-state index contributed by atoms with van der Waals surface area (Å²) in [5.74, 6) is 0. The van der Waals surface area contributed by atoms with Crippen molar-refractivity contribution in [3.8, 4) is 0 Å². The lowest BCUT2D eigenvalue weighted by molar-refractivity contribution is 0.00906. The van der Waals surface area contributed by atoms with Gasteiger partial charge in [0.25, 0.3) is 0 Å². The number of pyridine rings is 1. The molecule has 0 aromatic carbocycles. The predicted molar refractivity (Wildman–Crippen MR) is 92.4 cm³/mol. The normalized spacial score (nSPS) is 19.1. The Kier molecular flexibility index (Phi) is 4.36. The molecular formula is C17H22BrN3O2. The van der Waals surface area contributed by atoms with Gasteiger partial charge in [0.15, 0.2) is 0 Å². The van der Waals surface area contributed by atoms with Crippen molar-refractivity contribution in [3.05, 3.63) is 34.7 Å². The molecule has 5 nitrogen and oxygen atoms in total. The molecule has 2 aromatic heterocycles. The number of fused-ring (bicyclic) bond motifs is 1. The van der Waals surface area contributed by atoms with E-state index in [-0.39, 0.29) is 12.1 Å². The Labute approximate surface area is 144 Å². The molecule has 3 rings (SSSR count). The summed E-state index contributed by atoms with van der Waals surface area (Å²) < 4.78 is 8.56. The lowest BCUT2D eigenvalue weighted by Gasteiger charge is -2.35. The Balaban J connectivity index is 1.89. The van der Waals surface area contributed by atoms with E-state index in [4.69, 9.17) is 9.72 Å². The summed E-state index contributed by atoms with van der Waals surface area (Å²) in [5.41, 5.74) is 1.33. The topological polar surface area (TPSA) is 46.8 Å². The second-order valence-corrected chi connectivity index (χ2v) is 7.88. The fourth-order valence-corrected chi connectivity index (χ4v) is 3.28. The number of hydrogen-bond acceptors (Lipinski definition) is 3. The van der Waals surface area contributed by atoms with Crippen molar-refractivity contribution in [1.82, 2.24) is 14.3 Å². The van der Waals surface area contributed by atoms with E-state index in [1.165, 1.54) is 0 Å². The van der Waals surface area contributed by atoms with Crippen LogP contribution in [0.4, 0.5) is 4.79 Å². The molecule has 0 bridgehead atoms. The highest BCUT2D eigenvalue weighted by Crippen LogP contribution is 2.32. The van der Waals surface area contributed by atoms with E-state index in [9.17, 15) is 4.79 Å². The van der Waals surface area contributed by atoms with E-state index in [0.717, 1.165) is 41.6 Å². The Morgan fingerprint density at radius 1 is 1.30 bits per heavy atom. The molecule has 1 aliphatic heterocycles. The average Bonchev–Trinajstić information content (AvgIpc) is 2.88. The van der Waals surface area contributed by atoms with Gasteiger partial charge in [-0.1, -0.05) is 0 Å². The first-order valence-corrected chi connectivity index (χ1v) is 8.76. The third-order valence-corrected chi connectivity index (χ3v) is 4.37. The van der Waals surface area contributed by atoms with Gasteiger partial charge < -0.3 is 9.14 Å². The van der Waals surface area contributed by atoms with Crippen molar-refractivity contribution >= 4 is 27.7 Å². The van der Waals surface area contributed by atoms with Gasteiger partial charge >= 0.3 is 6.09 Å². The first kappa shape index (κ1) is 16.3. The maximum absolute atomic E-state index is 12.5. The van der Waals surface area contributed by atoms with E-state index in [1.54, 1.807) is 0 Å². The van der Waals surface area contributed by atoms with E-state index >= 15 is 0 Å². The molecule has 0 radical (unpaired) electrons. The fraction of sp³-hybridized carbons (Fsp3) is 0.529. The van der Waals surface area contributed by atoms with Crippen LogP contribution in [0.3, 0.4) is 0 Å². The van der Waals surface area contributed by atoms with Gasteiger partial charge in [0.1, 0.15) is 11.2 Å². The van der Waals surface area contributed by atoms with Crippen molar-refractivity contribution in [2.75, 3.05) is 6.54 Å². The zero-order valence-corrected chi connectivity index (χ0v) is 15.3. The molecule has 1 saturated heterocycles. The number of halogens is 1. The number of rotatable bonds is 1. The van der Waals surface area contributed by atoms with Crippen LogP contribution in [-0.2, 0) is 4.74 Å². The molecule has 0 aliphatic carbocycles. The van der Waals surface area contributed by atoms with Crippen LogP contribution in [0.1, 0.15) is 51.8 Å². The SMILES string of the molecule is CC(C)(C)OC(=O)N1CCCCC1c1cn2cc(Br)ccc2n1. The van der Waals surface area contributed by atoms with E-state index in [2.05, 4.69) is 15.9 Å². The van der Waals surface area contributed by atoms with Crippen LogP contribution >= 0.6 is 15.9 Å². The van der Waals surface area contributed by atoms with Crippen molar-refractivity contribution in [2.24, 2.45) is 0 Å². The standard InChI is InChI=1S/C17H22BrN3O2/c1-17(2,3)23-16(22)21-9-5-4-6-14(21)13-11-20-10-12(18)7-8-15(20)19-13/h7-8,10-11,14H,4-6,9H2,1-3H3. The third kappa shape index (κ3) is 3.68. The number of likely N-dealkylation sites (tertiary alicyclic amines) is 1. The third-order valence-electron chi connectivity index (χ3n) is 3.91. The number of carbonyl (C=O) groups excluding carboxylic acids is 1. The molecule has 1 aliphatic rings. The maximum atomic E-state index is 12.5. The molecule has 0 N–H and O–H groups in total. The highest BCUT2D eigenvalue weighted by Gasteiger charge is 2.32. The number of ether oxygens (including phenoxy) is 1. The predicted octanol–water partition coefficient (Wildman–Crippen LogP) is 4.56. The van der Waals surface area contributed by atoms with E-state index in [1.807, 2.05) is 54.6 Å². The summed E-state index contributed by atoms with van der Waals surface area (Å²) in [6, 6.07) is 3.92. The van der Waals surface area contributed by atoms with Crippen LogP contribution in [0.2, 0.25) is 0 Å². The lowest BCUT2D eigenvalue weighted by atomic mass is 10.0. The Morgan fingerprint density at radius 2 is 2.09 bits per heavy atom. The number of hydrogen-bond donors (Lipinski definition) is 0. The van der Waals surface area contributed by atoms with Crippen molar-refractivity contribution < 1.29 is 9.53 Å². The van der Waals surface area contributed by atoms with Crippen LogP contribution in [0.25, 0.3) is 5.65 Å². The molecule has 23 heavy (non-hydrogen) atoms. The van der Waals surface area contributed by atoms with Gasteiger partial charge in [-0.15, -0.1) is 0 Å². The van der Waals surface area contributed by atoms with Gasteiger partial charge in [-0.25, -0.2) is 9.78 Å². The van der Waals surface area contributed by atoms with Crippen molar-refractivity contribution in [2.45, 2.75) is 51.7 Å².